The summed E-state index contributed by atoms with van der Waals surface area (Å²) in [6.45, 7) is 1.92. The van der Waals surface area contributed by atoms with Crippen molar-refractivity contribution >= 4 is 22.6 Å². The van der Waals surface area contributed by atoms with Crippen LogP contribution in [-0.2, 0) is 4.79 Å². The summed E-state index contributed by atoms with van der Waals surface area (Å²) >= 11 is 0. The van der Waals surface area contributed by atoms with Crippen molar-refractivity contribution in [3.8, 4) is 0 Å². The van der Waals surface area contributed by atoms with E-state index >= 15 is 0 Å². The largest absolute Gasteiger partial charge is 0.342 e. The van der Waals surface area contributed by atoms with Gasteiger partial charge in [-0.3, -0.25) is 4.79 Å². The molecule has 0 unspecified atom stereocenters. The molecule has 0 atom stereocenters. The number of imidazole rings is 1. The van der Waals surface area contributed by atoms with Gasteiger partial charge in [0.1, 0.15) is 5.82 Å². The molecule has 2 N–H and O–H groups in total. The summed E-state index contributed by atoms with van der Waals surface area (Å²) in [5, 5.41) is 2.92. The number of fused-ring (bicyclic) bond motifs is 1. The second-order valence-electron chi connectivity index (χ2n) is 4.32. The monoisotopic (exact) mass is 215 g/mol. The smallest absolute Gasteiger partial charge is 0.227 e. The number of rotatable bonds is 2. The fourth-order valence-corrected chi connectivity index (χ4v) is 1.80. The zero-order chi connectivity index (χ0) is 11.1. The van der Waals surface area contributed by atoms with E-state index in [1.165, 1.54) is 0 Å². The Bertz CT molecular complexity index is 554. The molecule has 1 aliphatic rings. The molecule has 4 nitrogen and oxygen atoms in total. The Morgan fingerprint density at radius 1 is 1.50 bits per heavy atom. The van der Waals surface area contributed by atoms with E-state index in [4.69, 9.17) is 0 Å². The summed E-state index contributed by atoms with van der Waals surface area (Å²) < 4.78 is 0. The minimum atomic E-state index is 0.135. The van der Waals surface area contributed by atoms with E-state index in [1.807, 2.05) is 25.1 Å². The lowest BCUT2D eigenvalue weighted by Crippen LogP contribution is -2.12. The van der Waals surface area contributed by atoms with Crippen molar-refractivity contribution < 1.29 is 4.79 Å². The van der Waals surface area contributed by atoms with Gasteiger partial charge in [0.25, 0.3) is 0 Å². The third kappa shape index (κ3) is 1.66. The Morgan fingerprint density at radius 2 is 2.31 bits per heavy atom. The standard InChI is InChI=1S/C12H13N3O/c1-7-13-10-5-4-9(6-11(10)14-7)15-12(16)8-2-3-8/h4-6,8H,2-3H2,1H3,(H,13,14)(H,15,16). The fourth-order valence-electron chi connectivity index (χ4n) is 1.80. The normalized spacial score (nSPS) is 15.3. The van der Waals surface area contributed by atoms with Gasteiger partial charge in [0.15, 0.2) is 0 Å². The van der Waals surface area contributed by atoms with Crippen LogP contribution in [0.25, 0.3) is 11.0 Å². The van der Waals surface area contributed by atoms with E-state index in [-0.39, 0.29) is 11.8 Å². The van der Waals surface area contributed by atoms with Crippen molar-refractivity contribution in [2.24, 2.45) is 5.92 Å². The molecule has 0 bridgehead atoms. The van der Waals surface area contributed by atoms with Gasteiger partial charge >= 0.3 is 0 Å². The van der Waals surface area contributed by atoms with Crippen LogP contribution in [0.2, 0.25) is 0 Å². The molecule has 0 saturated heterocycles. The van der Waals surface area contributed by atoms with Gasteiger partial charge in [-0.25, -0.2) is 4.98 Å². The van der Waals surface area contributed by atoms with Crippen molar-refractivity contribution in [1.29, 1.82) is 0 Å². The van der Waals surface area contributed by atoms with Crippen LogP contribution in [0.3, 0.4) is 0 Å². The highest BCUT2D eigenvalue weighted by molar-refractivity contribution is 5.95. The zero-order valence-electron chi connectivity index (χ0n) is 9.08. The maximum absolute atomic E-state index is 11.6. The maximum Gasteiger partial charge on any atom is 0.227 e. The van der Waals surface area contributed by atoms with E-state index < -0.39 is 0 Å². The van der Waals surface area contributed by atoms with Gasteiger partial charge in [-0.1, -0.05) is 0 Å². The van der Waals surface area contributed by atoms with Gasteiger partial charge < -0.3 is 10.3 Å². The highest BCUT2D eigenvalue weighted by Crippen LogP contribution is 2.30. The highest BCUT2D eigenvalue weighted by Gasteiger charge is 2.29. The molecule has 0 aliphatic heterocycles. The van der Waals surface area contributed by atoms with Gasteiger partial charge in [-0.2, -0.15) is 0 Å². The number of benzene rings is 1. The van der Waals surface area contributed by atoms with Crippen LogP contribution >= 0.6 is 0 Å². The predicted octanol–water partition coefficient (Wildman–Crippen LogP) is 2.22. The lowest BCUT2D eigenvalue weighted by molar-refractivity contribution is -0.117. The van der Waals surface area contributed by atoms with E-state index in [9.17, 15) is 4.79 Å². The van der Waals surface area contributed by atoms with Crippen LogP contribution in [0.15, 0.2) is 18.2 Å². The lowest BCUT2D eigenvalue weighted by Gasteiger charge is -2.03. The number of H-pyrrole nitrogens is 1. The molecule has 16 heavy (non-hydrogen) atoms. The summed E-state index contributed by atoms with van der Waals surface area (Å²) in [5.41, 5.74) is 2.74. The third-order valence-corrected chi connectivity index (χ3v) is 2.82. The second kappa shape index (κ2) is 3.33. The van der Waals surface area contributed by atoms with E-state index in [2.05, 4.69) is 15.3 Å². The number of nitrogens with zero attached hydrogens (tertiary/aromatic N) is 1. The average Bonchev–Trinajstić information content (AvgIpc) is 3.01. The van der Waals surface area contributed by atoms with Gasteiger partial charge in [0.2, 0.25) is 5.91 Å². The Labute approximate surface area is 93.1 Å². The zero-order valence-corrected chi connectivity index (χ0v) is 9.08. The summed E-state index contributed by atoms with van der Waals surface area (Å²) in [7, 11) is 0. The highest BCUT2D eigenvalue weighted by atomic mass is 16.2. The Balaban J connectivity index is 1.88. The molecule has 0 spiro atoms. The molecule has 1 amide bonds. The van der Waals surface area contributed by atoms with E-state index in [0.717, 1.165) is 35.4 Å². The molecule has 4 heteroatoms. The molecule has 3 rings (SSSR count). The SMILES string of the molecule is Cc1nc2ccc(NC(=O)C3CC3)cc2[nH]1. The molecule has 82 valence electrons. The average molecular weight is 215 g/mol. The number of aromatic amines is 1. The first-order chi connectivity index (χ1) is 7.72. The van der Waals surface area contributed by atoms with Crippen molar-refractivity contribution in [3.63, 3.8) is 0 Å². The molecule has 1 aromatic carbocycles. The van der Waals surface area contributed by atoms with Crippen LogP contribution in [-0.4, -0.2) is 15.9 Å². The summed E-state index contributed by atoms with van der Waals surface area (Å²) in [5.74, 6) is 1.26. The van der Waals surface area contributed by atoms with Gasteiger partial charge in [-0.05, 0) is 38.0 Å². The van der Waals surface area contributed by atoms with Crippen molar-refractivity contribution in [2.45, 2.75) is 19.8 Å². The van der Waals surface area contributed by atoms with Crippen LogP contribution in [0.5, 0.6) is 0 Å². The number of aromatic nitrogens is 2. The second-order valence-corrected chi connectivity index (χ2v) is 4.32. The molecule has 1 heterocycles. The molecular weight excluding hydrogens is 202 g/mol. The number of hydrogen-bond donors (Lipinski definition) is 2. The molecule has 1 aliphatic carbocycles. The first kappa shape index (κ1) is 9.39. The number of aryl methyl sites for hydroxylation is 1. The predicted molar refractivity (Wildman–Crippen MR) is 62.2 cm³/mol. The van der Waals surface area contributed by atoms with Crippen molar-refractivity contribution in [2.75, 3.05) is 5.32 Å². The topological polar surface area (TPSA) is 57.8 Å². The summed E-state index contributed by atoms with van der Waals surface area (Å²) in [6, 6.07) is 5.74. The molecule has 1 saturated carbocycles. The Hall–Kier alpha value is -1.84. The van der Waals surface area contributed by atoms with E-state index in [1.54, 1.807) is 0 Å². The molecule has 1 aromatic heterocycles. The minimum absolute atomic E-state index is 0.135. The first-order valence-corrected chi connectivity index (χ1v) is 5.49. The number of carbonyl (C=O) groups is 1. The summed E-state index contributed by atoms with van der Waals surface area (Å²) in [6.07, 6.45) is 2.05. The Kier molecular flexibility index (Phi) is 1.96. The lowest BCUT2D eigenvalue weighted by atomic mass is 10.2. The number of nitrogens with one attached hydrogen (secondary N) is 2. The first-order valence-electron chi connectivity index (χ1n) is 5.49. The third-order valence-electron chi connectivity index (χ3n) is 2.82. The molecular formula is C12H13N3O. The quantitative estimate of drug-likeness (QED) is 0.807. The molecule has 1 fully saturated rings. The number of amides is 1. The number of hydrogen-bond acceptors (Lipinski definition) is 2. The van der Waals surface area contributed by atoms with Crippen LogP contribution < -0.4 is 5.32 Å². The van der Waals surface area contributed by atoms with E-state index in [0.29, 0.717) is 0 Å². The Morgan fingerprint density at radius 3 is 3.06 bits per heavy atom. The molecule has 0 radical (unpaired) electrons. The van der Waals surface area contributed by atoms with Crippen LogP contribution in [0, 0.1) is 12.8 Å². The maximum atomic E-state index is 11.6. The van der Waals surface area contributed by atoms with Crippen molar-refractivity contribution in [1.82, 2.24) is 9.97 Å². The van der Waals surface area contributed by atoms with Gasteiger partial charge in [0, 0.05) is 11.6 Å². The van der Waals surface area contributed by atoms with Crippen LogP contribution in [0.4, 0.5) is 5.69 Å². The van der Waals surface area contributed by atoms with Crippen molar-refractivity contribution in [3.05, 3.63) is 24.0 Å². The van der Waals surface area contributed by atoms with Crippen LogP contribution in [0.1, 0.15) is 18.7 Å². The fraction of sp³-hybridized carbons (Fsp3) is 0.333. The van der Waals surface area contributed by atoms with Gasteiger partial charge in [0.05, 0.1) is 11.0 Å². The number of carbonyl (C=O) groups excluding carboxylic acids is 1. The minimum Gasteiger partial charge on any atom is -0.342 e. The van der Waals surface area contributed by atoms with Gasteiger partial charge in [-0.15, -0.1) is 0 Å². The molecule has 2 aromatic rings. The number of anilines is 1. The summed E-state index contributed by atoms with van der Waals surface area (Å²) in [4.78, 5) is 19.0.